The SMILES string of the molecule is O=C(NCCO)[C@H]1CCCN1C(=O)[C@@]12C[C@H]3OC(=O)[C@@H]1N(Cc1ccc(I)cc1)O[C@@H]2[C@H]1OC(C2CC2)(C2CC2)O[C@H]13. The Hall–Kier alpha value is -1.84. The molecule has 2 amide bonds. The lowest BCUT2D eigenvalue weighted by Gasteiger charge is -2.50. The molecule has 2 bridgehead atoms. The Kier molecular flexibility index (Phi) is 6.66. The number of aliphatic hydroxyl groups is 1. The number of benzene rings is 1. The smallest absolute Gasteiger partial charge is 0.327 e. The molecule has 0 aromatic heterocycles. The molecule has 12 heteroatoms. The van der Waals surface area contributed by atoms with Gasteiger partial charge in [-0.25, -0.2) is 0 Å². The fourth-order valence-electron chi connectivity index (χ4n) is 8.26. The number of carbonyl (C=O) groups excluding carboxylic acids is 3. The molecular weight excluding hydrogens is 657 g/mol. The van der Waals surface area contributed by atoms with Gasteiger partial charge in [0.2, 0.25) is 11.8 Å². The van der Waals surface area contributed by atoms with E-state index in [0.717, 1.165) is 34.8 Å². The van der Waals surface area contributed by atoms with Crippen LogP contribution in [0.2, 0.25) is 0 Å². The van der Waals surface area contributed by atoms with Crippen molar-refractivity contribution in [3.05, 3.63) is 33.4 Å². The third-order valence-electron chi connectivity index (χ3n) is 10.4. The Morgan fingerprint density at radius 2 is 1.76 bits per heavy atom. The maximum Gasteiger partial charge on any atom is 0.327 e. The lowest BCUT2D eigenvalue weighted by molar-refractivity contribution is -0.235. The maximum absolute atomic E-state index is 14.9. The fourth-order valence-corrected chi connectivity index (χ4v) is 8.62. The number of carbonyl (C=O) groups is 3. The lowest BCUT2D eigenvalue weighted by Crippen LogP contribution is -2.70. The molecule has 7 fully saturated rings. The highest BCUT2D eigenvalue weighted by molar-refractivity contribution is 14.1. The first-order valence-electron chi connectivity index (χ1n) is 15.3. The Bertz CT molecular complexity index is 1280. The number of fused-ring (bicyclic) bond motifs is 4. The molecule has 42 heavy (non-hydrogen) atoms. The van der Waals surface area contributed by atoms with Crippen molar-refractivity contribution in [1.82, 2.24) is 15.3 Å². The minimum atomic E-state index is -1.28. The summed E-state index contributed by atoms with van der Waals surface area (Å²) in [6, 6.07) is 6.33. The first-order chi connectivity index (χ1) is 20.4. The van der Waals surface area contributed by atoms with E-state index in [9.17, 15) is 19.5 Å². The van der Waals surface area contributed by atoms with Gasteiger partial charge in [-0.15, -0.1) is 0 Å². The van der Waals surface area contributed by atoms with Crippen molar-refractivity contribution in [2.45, 2.75) is 93.8 Å². The number of hydrogen-bond donors (Lipinski definition) is 2. The summed E-state index contributed by atoms with van der Waals surface area (Å²) in [5.74, 6) is -1.16. The first kappa shape index (κ1) is 27.7. The fraction of sp³-hybridized carbons (Fsp3) is 0.700. The van der Waals surface area contributed by atoms with Crippen LogP contribution in [0.1, 0.15) is 50.5 Å². The van der Waals surface area contributed by atoms with Gasteiger partial charge in [-0.05, 0) is 78.8 Å². The molecule has 3 aliphatic carbocycles. The molecule has 4 aliphatic heterocycles. The molecular formula is C30H36IN3O8. The van der Waals surface area contributed by atoms with E-state index in [1.807, 2.05) is 24.3 Å². The number of rotatable bonds is 8. The molecule has 3 saturated carbocycles. The lowest BCUT2D eigenvalue weighted by atomic mass is 9.62. The van der Waals surface area contributed by atoms with E-state index >= 15 is 0 Å². The minimum Gasteiger partial charge on any atom is -0.458 e. The van der Waals surface area contributed by atoms with Gasteiger partial charge in [-0.3, -0.25) is 19.2 Å². The third-order valence-corrected chi connectivity index (χ3v) is 11.1. The van der Waals surface area contributed by atoms with E-state index in [0.29, 0.717) is 37.8 Å². The molecule has 0 radical (unpaired) electrons. The molecule has 0 spiro atoms. The molecule has 7 atom stereocenters. The maximum atomic E-state index is 14.9. The number of amides is 2. The van der Waals surface area contributed by atoms with Crippen molar-refractivity contribution in [2.24, 2.45) is 17.3 Å². The summed E-state index contributed by atoms with van der Waals surface area (Å²) < 4.78 is 20.9. The van der Waals surface area contributed by atoms with Crippen LogP contribution in [-0.4, -0.2) is 94.8 Å². The van der Waals surface area contributed by atoms with Crippen molar-refractivity contribution >= 4 is 40.4 Å². The molecule has 11 nitrogen and oxygen atoms in total. The molecule has 2 N–H and O–H groups in total. The van der Waals surface area contributed by atoms with Crippen molar-refractivity contribution in [3.63, 3.8) is 0 Å². The highest BCUT2D eigenvalue weighted by Gasteiger charge is 2.78. The van der Waals surface area contributed by atoms with Gasteiger partial charge in [0.15, 0.2) is 11.8 Å². The van der Waals surface area contributed by atoms with Gasteiger partial charge in [-0.1, -0.05) is 12.1 Å². The summed E-state index contributed by atoms with van der Waals surface area (Å²) in [7, 11) is 0. The Morgan fingerprint density at radius 3 is 2.45 bits per heavy atom. The van der Waals surface area contributed by atoms with E-state index in [-0.39, 0.29) is 31.4 Å². The summed E-state index contributed by atoms with van der Waals surface area (Å²) in [5, 5.41) is 13.6. The van der Waals surface area contributed by atoms with Crippen LogP contribution in [0.3, 0.4) is 0 Å². The molecule has 1 aromatic rings. The Labute approximate surface area is 257 Å². The number of nitrogens with zero attached hydrogens (tertiary/aromatic N) is 2. The molecule has 7 aliphatic rings. The summed E-state index contributed by atoms with van der Waals surface area (Å²) in [5.41, 5.74) is -0.337. The number of likely N-dealkylation sites (tertiary alicyclic amines) is 1. The second kappa shape index (κ2) is 10.1. The van der Waals surface area contributed by atoms with Gasteiger partial charge >= 0.3 is 5.97 Å². The summed E-state index contributed by atoms with van der Waals surface area (Å²) >= 11 is 2.25. The van der Waals surface area contributed by atoms with E-state index in [1.54, 1.807) is 9.96 Å². The quantitative estimate of drug-likeness (QED) is 0.308. The van der Waals surface area contributed by atoms with Crippen LogP contribution in [0, 0.1) is 20.8 Å². The average Bonchev–Trinajstić information content (AvgIpc) is 3.90. The predicted molar refractivity (Wildman–Crippen MR) is 153 cm³/mol. The molecule has 4 heterocycles. The largest absolute Gasteiger partial charge is 0.458 e. The molecule has 0 unspecified atom stereocenters. The van der Waals surface area contributed by atoms with Crippen LogP contribution in [0.4, 0.5) is 0 Å². The van der Waals surface area contributed by atoms with Gasteiger partial charge < -0.3 is 29.5 Å². The average molecular weight is 694 g/mol. The summed E-state index contributed by atoms with van der Waals surface area (Å²) in [4.78, 5) is 50.2. The number of ether oxygens (including phenoxy) is 3. The number of hydroxylamine groups is 2. The number of halogens is 1. The van der Waals surface area contributed by atoms with Crippen LogP contribution in [0.25, 0.3) is 0 Å². The second-order valence-electron chi connectivity index (χ2n) is 13.0. The van der Waals surface area contributed by atoms with Crippen LogP contribution in [-0.2, 0) is 40.0 Å². The van der Waals surface area contributed by atoms with Crippen LogP contribution in [0.15, 0.2) is 24.3 Å². The van der Waals surface area contributed by atoms with Crippen molar-refractivity contribution in [1.29, 1.82) is 0 Å². The minimum absolute atomic E-state index is 0.119. The number of aliphatic hydroxyl groups excluding tert-OH is 1. The van der Waals surface area contributed by atoms with E-state index in [1.165, 1.54) is 0 Å². The van der Waals surface area contributed by atoms with Gasteiger partial charge in [0.05, 0.1) is 13.2 Å². The van der Waals surface area contributed by atoms with Crippen molar-refractivity contribution < 1.29 is 38.5 Å². The number of esters is 1. The van der Waals surface area contributed by atoms with E-state index in [2.05, 4.69) is 27.9 Å². The van der Waals surface area contributed by atoms with Crippen LogP contribution in [0.5, 0.6) is 0 Å². The van der Waals surface area contributed by atoms with Crippen LogP contribution >= 0.6 is 22.6 Å². The van der Waals surface area contributed by atoms with Gasteiger partial charge in [-0.2, -0.15) is 5.06 Å². The van der Waals surface area contributed by atoms with E-state index < -0.39 is 53.7 Å². The van der Waals surface area contributed by atoms with Gasteiger partial charge in [0.25, 0.3) is 0 Å². The molecule has 8 rings (SSSR count). The normalized spacial score (nSPS) is 38.3. The zero-order valence-corrected chi connectivity index (χ0v) is 25.4. The van der Waals surface area contributed by atoms with E-state index in [4.69, 9.17) is 19.0 Å². The highest BCUT2D eigenvalue weighted by atomic mass is 127. The topological polar surface area (TPSA) is 127 Å². The monoisotopic (exact) mass is 693 g/mol. The summed E-state index contributed by atoms with van der Waals surface area (Å²) in [6.45, 7) is 0.642. The number of nitrogens with one attached hydrogen (secondary N) is 1. The van der Waals surface area contributed by atoms with Gasteiger partial charge in [0.1, 0.15) is 35.9 Å². The molecule has 4 saturated heterocycles. The zero-order valence-electron chi connectivity index (χ0n) is 23.3. The third kappa shape index (κ3) is 4.12. The van der Waals surface area contributed by atoms with Crippen LogP contribution < -0.4 is 5.32 Å². The first-order valence-corrected chi connectivity index (χ1v) is 16.4. The Morgan fingerprint density at radius 1 is 1.05 bits per heavy atom. The number of hydrogen-bond acceptors (Lipinski definition) is 9. The summed E-state index contributed by atoms with van der Waals surface area (Å²) in [6.07, 6.45) is 3.13. The molecule has 1 aromatic carbocycles. The predicted octanol–water partition coefficient (Wildman–Crippen LogP) is 1.49. The zero-order chi connectivity index (χ0) is 28.8. The molecule has 226 valence electrons. The highest BCUT2D eigenvalue weighted by Crippen LogP contribution is 2.64. The second-order valence-corrected chi connectivity index (χ2v) is 14.2. The van der Waals surface area contributed by atoms with Crippen molar-refractivity contribution in [3.8, 4) is 0 Å². The van der Waals surface area contributed by atoms with Crippen molar-refractivity contribution in [2.75, 3.05) is 19.7 Å². The van der Waals surface area contributed by atoms with Gasteiger partial charge in [0, 0.05) is 34.9 Å². The standard InChI is InChI=1S/C30H36IN3O8/c31-19-9-3-16(4-10-19)15-34-24-27(37)39-21-14-29(24,28(38)33-12-1-2-20(33)26(36)32-11-13-35)25(42-34)23-22(21)40-30(41-23,17-5-6-17)18-7-8-18/h3-4,9-10,17-18,20-25,35H,1-2,5-8,11-15H2,(H,32,36)/t20-,21-,22+,23+,24+,25-,29+/m1/s1. The Balaban J connectivity index is 1.18.